The molecule has 1 aromatic rings. The van der Waals surface area contributed by atoms with Crippen LogP contribution in [0.25, 0.3) is 0 Å². The lowest BCUT2D eigenvalue weighted by Crippen LogP contribution is -2.48. The third kappa shape index (κ3) is 2.47. The number of morpholine rings is 1. The van der Waals surface area contributed by atoms with Crippen molar-refractivity contribution in [1.82, 2.24) is 0 Å². The van der Waals surface area contributed by atoms with E-state index in [1.54, 1.807) is 12.0 Å². The summed E-state index contributed by atoms with van der Waals surface area (Å²) in [5.41, 5.74) is 1.77. The van der Waals surface area contributed by atoms with Crippen LogP contribution in [0.15, 0.2) is 18.2 Å². The van der Waals surface area contributed by atoms with Crippen LogP contribution in [-0.4, -0.2) is 44.0 Å². The van der Waals surface area contributed by atoms with Crippen molar-refractivity contribution in [3.8, 4) is 5.75 Å². The van der Waals surface area contributed by atoms with E-state index in [4.69, 9.17) is 14.6 Å². The summed E-state index contributed by atoms with van der Waals surface area (Å²) in [6, 6.07) is 5.66. The maximum Gasteiger partial charge on any atom is 0.253 e. The molecule has 1 atom stereocenters. The average molecular weight is 251 g/mol. The number of aliphatic hydroxyl groups excluding tert-OH is 1. The minimum Gasteiger partial charge on any atom is -0.495 e. The van der Waals surface area contributed by atoms with Gasteiger partial charge in [-0.15, -0.1) is 0 Å². The van der Waals surface area contributed by atoms with Gasteiger partial charge in [0.2, 0.25) is 0 Å². The SMILES string of the molecule is COc1ccc(C)cc1N1CC(CO)OCC1=O. The standard InChI is InChI=1S/C13H17NO4/c1-9-3-4-12(17-2)11(5-9)14-6-10(7-15)18-8-13(14)16/h3-5,10,15H,6-8H2,1-2H3. The van der Waals surface area contributed by atoms with Gasteiger partial charge in [0.25, 0.3) is 5.91 Å². The number of carbonyl (C=O) groups is 1. The van der Waals surface area contributed by atoms with Crippen molar-refractivity contribution in [3.63, 3.8) is 0 Å². The van der Waals surface area contributed by atoms with Gasteiger partial charge in [-0.3, -0.25) is 4.79 Å². The number of benzene rings is 1. The van der Waals surface area contributed by atoms with Crippen molar-refractivity contribution < 1.29 is 19.4 Å². The Bertz CT molecular complexity index is 447. The van der Waals surface area contributed by atoms with Crippen LogP contribution in [0.3, 0.4) is 0 Å². The Balaban J connectivity index is 2.33. The second-order valence-corrected chi connectivity index (χ2v) is 4.30. The number of anilines is 1. The van der Waals surface area contributed by atoms with Gasteiger partial charge in [-0.25, -0.2) is 0 Å². The van der Waals surface area contributed by atoms with Crippen LogP contribution >= 0.6 is 0 Å². The van der Waals surface area contributed by atoms with Crippen LogP contribution in [0.5, 0.6) is 5.75 Å². The Morgan fingerprint density at radius 2 is 2.33 bits per heavy atom. The molecule has 18 heavy (non-hydrogen) atoms. The molecule has 5 heteroatoms. The summed E-state index contributed by atoms with van der Waals surface area (Å²) in [7, 11) is 1.57. The molecule has 1 heterocycles. The Labute approximate surface area is 106 Å². The summed E-state index contributed by atoms with van der Waals surface area (Å²) < 4.78 is 10.5. The molecular weight excluding hydrogens is 234 g/mol. The van der Waals surface area contributed by atoms with Gasteiger partial charge in [-0.05, 0) is 24.6 Å². The molecular formula is C13H17NO4. The van der Waals surface area contributed by atoms with E-state index in [0.717, 1.165) is 11.3 Å². The number of ether oxygens (including phenoxy) is 2. The lowest BCUT2D eigenvalue weighted by atomic mass is 10.1. The summed E-state index contributed by atoms with van der Waals surface area (Å²) in [5.74, 6) is 0.524. The number of nitrogens with zero attached hydrogens (tertiary/aromatic N) is 1. The monoisotopic (exact) mass is 251 g/mol. The lowest BCUT2D eigenvalue weighted by molar-refractivity contribution is -0.130. The van der Waals surface area contributed by atoms with E-state index in [9.17, 15) is 4.79 Å². The van der Waals surface area contributed by atoms with Crippen LogP contribution in [0, 0.1) is 6.92 Å². The highest BCUT2D eigenvalue weighted by Gasteiger charge is 2.28. The Morgan fingerprint density at radius 3 is 3.00 bits per heavy atom. The first-order valence-electron chi connectivity index (χ1n) is 5.83. The number of amides is 1. The maximum atomic E-state index is 11.9. The van der Waals surface area contributed by atoms with Crippen molar-refractivity contribution in [2.45, 2.75) is 13.0 Å². The Hall–Kier alpha value is -1.59. The highest BCUT2D eigenvalue weighted by atomic mass is 16.5. The molecule has 1 fully saturated rings. The molecule has 1 aromatic carbocycles. The first-order valence-corrected chi connectivity index (χ1v) is 5.83. The molecule has 1 saturated heterocycles. The van der Waals surface area contributed by atoms with Gasteiger partial charge in [-0.2, -0.15) is 0 Å². The number of carbonyl (C=O) groups excluding carboxylic acids is 1. The fourth-order valence-electron chi connectivity index (χ4n) is 1.98. The third-order valence-electron chi connectivity index (χ3n) is 2.96. The zero-order valence-electron chi connectivity index (χ0n) is 10.5. The van der Waals surface area contributed by atoms with E-state index in [2.05, 4.69) is 0 Å². The van der Waals surface area contributed by atoms with E-state index >= 15 is 0 Å². The summed E-state index contributed by atoms with van der Waals surface area (Å²) in [4.78, 5) is 13.5. The summed E-state index contributed by atoms with van der Waals surface area (Å²) in [6.07, 6.45) is -0.340. The first-order chi connectivity index (χ1) is 8.65. The molecule has 5 nitrogen and oxygen atoms in total. The van der Waals surface area contributed by atoms with Crippen molar-refractivity contribution in [2.75, 3.05) is 31.8 Å². The molecule has 2 rings (SSSR count). The summed E-state index contributed by atoms with van der Waals surface area (Å²) in [5, 5.41) is 9.13. The summed E-state index contributed by atoms with van der Waals surface area (Å²) in [6.45, 7) is 2.19. The lowest BCUT2D eigenvalue weighted by Gasteiger charge is -2.32. The minimum atomic E-state index is -0.340. The largest absolute Gasteiger partial charge is 0.495 e. The normalized spacial score (nSPS) is 20.1. The van der Waals surface area contributed by atoms with Gasteiger partial charge < -0.3 is 19.5 Å². The van der Waals surface area contributed by atoms with Crippen LogP contribution in [-0.2, 0) is 9.53 Å². The third-order valence-corrected chi connectivity index (χ3v) is 2.96. The van der Waals surface area contributed by atoms with Crippen LogP contribution < -0.4 is 9.64 Å². The number of hydrogen-bond acceptors (Lipinski definition) is 4. The van der Waals surface area contributed by atoms with Gasteiger partial charge >= 0.3 is 0 Å². The molecule has 1 amide bonds. The van der Waals surface area contributed by atoms with Gasteiger partial charge in [0, 0.05) is 0 Å². The van der Waals surface area contributed by atoms with E-state index in [0.29, 0.717) is 12.3 Å². The molecule has 1 unspecified atom stereocenters. The fourth-order valence-corrected chi connectivity index (χ4v) is 1.98. The molecule has 0 aliphatic carbocycles. The molecule has 0 spiro atoms. The van der Waals surface area contributed by atoms with Gasteiger partial charge in [0.15, 0.2) is 0 Å². The Kier molecular flexibility index (Phi) is 3.84. The zero-order valence-corrected chi connectivity index (χ0v) is 10.5. The molecule has 1 aliphatic rings. The topological polar surface area (TPSA) is 59.0 Å². The highest BCUT2D eigenvalue weighted by molar-refractivity contribution is 5.96. The molecule has 0 aromatic heterocycles. The maximum absolute atomic E-state index is 11.9. The smallest absolute Gasteiger partial charge is 0.253 e. The minimum absolute atomic E-state index is 0.0116. The van der Waals surface area contributed by atoms with Crippen molar-refractivity contribution in [3.05, 3.63) is 23.8 Å². The second kappa shape index (κ2) is 5.37. The predicted octanol–water partition coefficient (Wildman–Crippen LogP) is 0.728. The molecule has 0 radical (unpaired) electrons. The molecule has 98 valence electrons. The first kappa shape index (κ1) is 12.9. The number of aryl methyl sites for hydroxylation is 1. The number of methoxy groups -OCH3 is 1. The van der Waals surface area contributed by atoms with E-state index in [-0.39, 0.29) is 25.2 Å². The van der Waals surface area contributed by atoms with Crippen molar-refractivity contribution >= 4 is 11.6 Å². The van der Waals surface area contributed by atoms with Crippen molar-refractivity contribution in [1.29, 1.82) is 0 Å². The summed E-state index contributed by atoms with van der Waals surface area (Å²) >= 11 is 0. The average Bonchev–Trinajstić information content (AvgIpc) is 2.39. The number of aliphatic hydroxyl groups is 1. The van der Waals surface area contributed by atoms with Crippen molar-refractivity contribution in [2.24, 2.45) is 0 Å². The Morgan fingerprint density at radius 1 is 1.56 bits per heavy atom. The molecule has 1 N–H and O–H groups in total. The molecule has 0 saturated carbocycles. The van der Waals surface area contributed by atoms with Crippen LogP contribution in [0.1, 0.15) is 5.56 Å². The second-order valence-electron chi connectivity index (χ2n) is 4.30. The van der Waals surface area contributed by atoms with E-state index in [1.807, 2.05) is 25.1 Å². The van der Waals surface area contributed by atoms with Gasteiger partial charge in [0.1, 0.15) is 12.4 Å². The quantitative estimate of drug-likeness (QED) is 0.860. The van der Waals surface area contributed by atoms with E-state index in [1.165, 1.54) is 0 Å². The zero-order chi connectivity index (χ0) is 13.1. The van der Waals surface area contributed by atoms with Gasteiger partial charge in [-0.1, -0.05) is 6.07 Å². The molecule has 1 aliphatic heterocycles. The van der Waals surface area contributed by atoms with Crippen LogP contribution in [0.4, 0.5) is 5.69 Å². The fraction of sp³-hybridized carbons (Fsp3) is 0.462. The van der Waals surface area contributed by atoms with E-state index < -0.39 is 0 Å². The predicted molar refractivity (Wildman–Crippen MR) is 66.9 cm³/mol. The number of hydrogen-bond donors (Lipinski definition) is 1. The van der Waals surface area contributed by atoms with Gasteiger partial charge in [0.05, 0.1) is 32.1 Å². The number of rotatable bonds is 3. The molecule has 0 bridgehead atoms. The highest BCUT2D eigenvalue weighted by Crippen LogP contribution is 2.30. The van der Waals surface area contributed by atoms with Crippen LogP contribution in [0.2, 0.25) is 0 Å².